The van der Waals surface area contributed by atoms with Gasteiger partial charge in [-0.15, -0.1) is 0 Å². The number of ether oxygens (including phenoxy) is 2. The molecule has 1 aliphatic rings. The number of nitrogens with zero attached hydrogens (tertiary/aromatic N) is 2. The summed E-state index contributed by atoms with van der Waals surface area (Å²) in [4.78, 5) is 4.70. The number of nitrogens with two attached hydrogens (primary N) is 1. The van der Waals surface area contributed by atoms with E-state index in [9.17, 15) is 0 Å². The number of rotatable bonds is 1. The van der Waals surface area contributed by atoms with Gasteiger partial charge in [0.25, 0.3) is 0 Å². The first-order valence-electron chi connectivity index (χ1n) is 6.71. The molecule has 2 heterocycles. The lowest BCUT2D eigenvalue weighted by Gasteiger charge is -2.17. The van der Waals surface area contributed by atoms with Gasteiger partial charge in [-0.2, -0.15) is 0 Å². The molecule has 1 aliphatic heterocycles. The van der Waals surface area contributed by atoms with E-state index in [1.54, 1.807) is 6.07 Å². The van der Waals surface area contributed by atoms with E-state index in [4.69, 9.17) is 31.8 Å². The summed E-state index contributed by atoms with van der Waals surface area (Å²) in [5, 5.41) is 0.502. The largest absolute Gasteiger partial charge is 0.454 e. The van der Waals surface area contributed by atoms with Crippen LogP contribution >= 0.6 is 11.6 Å². The van der Waals surface area contributed by atoms with Crippen LogP contribution in [-0.4, -0.2) is 16.3 Å². The first kappa shape index (κ1) is 14.1. The van der Waals surface area contributed by atoms with E-state index in [1.165, 1.54) is 0 Å². The topological polar surface area (TPSA) is 62.3 Å². The molecule has 0 atom stereocenters. The molecule has 3 rings (SSSR count). The highest BCUT2D eigenvalue weighted by Crippen LogP contribution is 2.43. The van der Waals surface area contributed by atoms with Gasteiger partial charge in [0.05, 0.1) is 5.02 Å². The number of anilines is 1. The Hall–Kier alpha value is -1.88. The van der Waals surface area contributed by atoms with E-state index < -0.39 is 0 Å². The van der Waals surface area contributed by atoms with Crippen LogP contribution in [0.1, 0.15) is 26.6 Å². The zero-order valence-corrected chi connectivity index (χ0v) is 13.3. The molecule has 0 radical (unpaired) electrons. The minimum atomic E-state index is -0.0960. The zero-order valence-electron chi connectivity index (χ0n) is 12.5. The van der Waals surface area contributed by atoms with Crippen LogP contribution in [0.4, 0.5) is 5.82 Å². The Bertz CT molecular complexity index is 717. The number of hydrogen-bond donors (Lipinski definition) is 1. The molecule has 0 bridgehead atoms. The number of nitrogen functional groups attached to an aromatic ring is 1. The summed E-state index contributed by atoms with van der Waals surface area (Å²) in [6, 6.07) is 3.67. The normalized spacial score (nSPS) is 13.8. The van der Waals surface area contributed by atoms with Crippen molar-refractivity contribution in [1.82, 2.24) is 9.55 Å². The highest BCUT2D eigenvalue weighted by Gasteiger charge is 2.26. The summed E-state index contributed by atoms with van der Waals surface area (Å²) < 4.78 is 12.6. The van der Waals surface area contributed by atoms with Crippen molar-refractivity contribution in [2.45, 2.75) is 26.2 Å². The van der Waals surface area contributed by atoms with Gasteiger partial charge in [0, 0.05) is 18.0 Å². The monoisotopic (exact) mass is 307 g/mol. The molecule has 2 N–H and O–H groups in total. The van der Waals surface area contributed by atoms with Crippen LogP contribution in [0.2, 0.25) is 5.02 Å². The van der Waals surface area contributed by atoms with E-state index in [0.717, 1.165) is 11.4 Å². The summed E-state index contributed by atoms with van der Waals surface area (Å²) in [5.41, 5.74) is 7.65. The van der Waals surface area contributed by atoms with Crippen LogP contribution in [0.15, 0.2) is 12.1 Å². The fourth-order valence-electron chi connectivity index (χ4n) is 2.50. The van der Waals surface area contributed by atoms with Crippen molar-refractivity contribution < 1.29 is 9.47 Å². The summed E-state index contributed by atoms with van der Waals surface area (Å²) >= 11 is 6.23. The third-order valence-corrected chi connectivity index (χ3v) is 3.79. The Balaban J connectivity index is 2.16. The molecule has 0 saturated carbocycles. The highest BCUT2D eigenvalue weighted by molar-refractivity contribution is 6.32. The van der Waals surface area contributed by atoms with Crippen LogP contribution in [0.5, 0.6) is 11.5 Å². The predicted molar refractivity (Wildman–Crippen MR) is 82.9 cm³/mol. The maximum atomic E-state index is 6.23. The molecule has 0 amide bonds. The number of aromatic nitrogens is 2. The van der Waals surface area contributed by atoms with Crippen molar-refractivity contribution in [3.63, 3.8) is 0 Å². The van der Waals surface area contributed by atoms with Gasteiger partial charge in [-0.3, -0.25) is 0 Å². The first-order valence-corrected chi connectivity index (χ1v) is 7.09. The van der Waals surface area contributed by atoms with Gasteiger partial charge in [-0.1, -0.05) is 32.4 Å². The Morgan fingerprint density at radius 1 is 1.29 bits per heavy atom. The Kier molecular flexibility index (Phi) is 3.06. The smallest absolute Gasteiger partial charge is 0.231 e. The van der Waals surface area contributed by atoms with Crippen molar-refractivity contribution in [2.75, 3.05) is 12.5 Å². The first-order chi connectivity index (χ1) is 9.79. The van der Waals surface area contributed by atoms with Gasteiger partial charge in [0.15, 0.2) is 11.5 Å². The molecule has 0 fully saturated rings. The summed E-state index contributed by atoms with van der Waals surface area (Å²) in [7, 11) is 1.92. The Morgan fingerprint density at radius 2 is 2.00 bits per heavy atom. The summed E-state index contributed by atoms with van der Waals surface area (Å²) in [6.07, 6.45) is 0. The number of benzene rings is 1. The summed E-state index contributed by atoms with van der Waals surface area (Å²) in [5.74, 6) is 2.73. The standard InChI is InChI=1S/C15H18ClN3O2/c1-15(2,3)14-18-11(13(17)19(14)4)8-5-9(16)12-10(6-8)20-7-21-12/h5-6H,7,17H2,1-4H3. The average Bonchev–Trinajstić information content (AvgIpc) is 2.95. The minimum absolute atomic E-state index is 0.0960. The molecule has 21 heavy (non-hydrogen) atoms. The molecule has 0 saturated heterocycles. The molecule has 1 aromatic carbocycles. The SMILES string of the molecule is Cn1c(C(C)(C)C)nc(-c2cc(Cl)c3c(c2)OCO3)c1N. The van der Waals surface area contributed by atoms with Crippen LogP contribution < -0.4 is 15.2 Å². The van der Waals surface area contributed by atoms with Crippen molar-refractivity contribution in [3.05, 3.63) is 23.0 Å². The molecule has 0 unspecified atom stereocenters. The van der Waals surface area contributed by atoms with Crippen molar-refractivity contribution >= 4 is 17.4 Å². The molecule has 0 spiro atoms. The second-order valence-corrected chi connectivity index (χ2v) is 6.58. The van der Waals surface area contributed by atoms with E-state index in [1.807, 2.05) is 17.7 Å². The molecule has 5 nitrogen and oxygen atoms in total. The predicted octanol–water partition coefficient (Wildman–Crippen LogP) is 3.35. The van der Waals surface area contributed by atoms with Crippen molar-refractivity contribution in [2.24, 2.45) is 7.05 Å². The Labute approximate surface area is 128 Å². The van der Waals surface area contributed by atoms with Crippen LogP contribution in [0, 0.1) is 0 Å². The average molecular weight is 308 g/mol. The second kappa shape index (κ2) is 4.56. The van der Waals surface area contributed by atoms with Crippen LogP contribution in [0.3, 0.4) is 0 Å². The van der Waals surface area contributed by atoms with E-state index in [0.29, 0.717) is 28.0 Å². The van der Waals surface area contributed by atoms with E-state index >= 15 is 0 Å². The molecular formula is C15H18ClN3O2. The van der Waals surface area contributed by atoms with Crippen molar-refractivity contribution in [1.29, 1.82) is 0 Å². The maximum absolute atomic E-state index is 6.23. The third kappa shape index (κ3) is 2.21. The van der Waals surface area contributed by atoms with Crippen LogP contribution in [-0.2, 0) is 12.5 Å². The lowest BCUT2D eigenvalue weighted by Crippen LogP contribution is -2.17. The van der Waals surface area contributed by atoms with Gasteiger partial charge in [-0.25, -0.2) is 4.98 Å². The zero-order chi connectivity index (χ0) is 15.4. The minimum Gasteiger partial charge on any atom is -0.454 e. The lowest BCUT2D eigenvalue weighted by atomic mass is 9.96. The number of hydrogen-bond acceptors (Lipinski definition) is 4. The van der Waals surface area contributed by atoms with Gasteiger partial charge in [0.2, 0.25) is 6.79 Å². The van der Waals surface area contributed by atoms with Gasteiger partial charge >= 0.3 is 0 Å². The lowest BCUT2D eigenvalue weighted by molar-refractivity contribution is 0.174. The molecule has 2 aromatic rings. The molecule has 1 aromatic heterocycles. The second-order valence-electron chi connectivity index (χ2n) is 6.17. The van der Waals surface area contributed by atoms with Gasteiger partial charge < -0.3 is 19.8 Å². The molecule has 0 aliphatic carbocycles. The van der Waals surface area contributed by atoms with E-state index in [2.05, 4.69) is 20.8 Å². The third-order valence-electron chi connectivity index (χ3n) is 3.51. The number of halogens is 1. The number of imidazole rings is 1. The maximum Gasteiger partial charge on any atom is 0.231 e. The van der Waals surface area contributed by atoms with Gasteiger partial charge in [-0.05, 0) is 12.1 Å². The van der Waals surface area contributed by atoms with Gasteiger partial charge in [0.1, 0.15) is 17.3 Å². The quantitative estimate of drug-likeness (QED) is 0.877. The molecule has 112 valence electrons. The fourth-order valence-corrected chi connectivity index (χ4v) is 2.76. The molecular weight excluding hydrogens is 290 g/mol. The van der Waals surface area contributed by atoms with Crippen molar-refractivity contribution in [3.8, 4) is 22.8 Å². The Morgan fingerprint density at radius 3 is 2.62 bits per heavy atom. The fraction of sp³-hybridized carbons (Fsp3) is 0.400. The highest BCUT2D eigenvalue weighted by atomic mass is 35.5. The summed E-state index contributed by atoms with van der Waals surface area (Å²) in [6.45, 7) is 6.49. The molecule has 6 heteroatoms. The van der Waals surface area contributed by atoms with Crippen LogP contribution in [0.25, 0.3) is 11.3 Å². The van der Waals surface area contributed by atoms with E-state index in [-0.39, 0.29) is 12.2 Å². The number of fused-ring (bicyclic) bond motifs is 1.